The first kappa shape index (κ1) is 85.2. The SMILES string of the molecule is CCCCCCCCCCCCN1C(=O)c2c(-c3ccc(C)s3)sc(-c3ccc(-c4ccc5c(c4)C(CCCCCCCC)(CCCCCCCC)c4cc(-c6c7ccccc7c(-c7ccc8c(c7)C(CCCCCCCC)(CCCCCCCC)c7cc(C)ccc7-8)c7cc(CCCCCCCC)ccc67)ccc4-5)s3)c2C1=O. The molecular formula is C108H139NO2S3. The van der Waals surface area contributed by atoms with Crippen molar-refractivity contribution in [1.29, 1.82) is 0 Å². The smallest absolute Gasteiger partial charge is 0.263 e. The van der Waals surface area contributed by atoms with Crippen LogP contribution in [0.1, 0.15) is 383 Å². The van der Waals surface area contributed by atoms with Crippen LogP contribution in [-0.4, -0.2) is 23.3 Å². The Kier molecular flexibility index (Phi) is 31.5. The van der Waals surface area contributed by atoms with Crippen molar-refractivity contribution in [1.82, 2.24) is 4.90 Å². The fourth-order valence-corrected chi connectivity index (χ4v) is 23.9. The first-order valence-corrected chi connectivity index (χ1v) is 49.2. The van der Waals surface area contributed by atoms with Gasteiger partial charge in [0.05, 0.1) is 20.9 Å². The molecule has 114 heavy (non-hydrogen) atoms. The molecule has 0 saturated heterocycles. The Balaban J connectivity index is 0.914. The van der Waals surface area contributed by atoms with Crippen LogP contribution in [0.3, 0.4) is 0 Å². The van der Waals surface area contributed by atoms with Gasteiger partial charge in [0.1, 0.15) is 0 Å². The number of benzene rings is 7. The van der Waals surface area contributed by atoms with Crippen LogP contribution in [0.5, 0.6) is 0 Å². The molecule has 13 rings (SSSR count). The van der Waals surface area contributed by atoms with E-state index in [4.69, 9.17) is 0 Å². The quantitative estimate of drug-likeness (QED) is 0.0216. The number of hydrogen-bond acceptors (Lipinski definition) is 5. The summed E-state index contributed by atoms with van der Waals surface area (Å²) >= 11 is 5.19. The van der Waals surface area contributed by atoms with Crippen molar-refractivity contribution in [3.8, 4) is 74.5 Å². The molecule has 6 heteroatoms. The summed E-state index contributed by atoms with van der Waals surface area (Å²) in [6.45, 7) is 19.0. The maximum Gasteiger partial charge on any atom is 0.263 e. The minimum atomic E-state index is -0.188. The van der Waals surface area contributed by atoms with E-state index in [1.165, 1.54) is 354 Å². The third-order valence-corrected chi connectivity index (χ3v) is 30.5. The molecule has 4 heterocycles. The Morgan fingerprint density at radius 2 is 0.649 bits per heavy atom. The van der Waals surface area contributed by atoms with Gasteiger partial charge in [0, 0.05) is 36.9 Å². The van der Waals surface area contributed by atoms with Crippen LogP contribution < -0.4 is 0 Å². The molecule has 1 aliphatic heterocycles. The van der Waals surface area contributed by atoms with E-state index in [-0.39, 0.29) is 22.6 Å². The monoisotopic (exact) mass is 1580 g/mol. The molecule has 2 amide bonds. The summed E-state index contributed by atoms with van der Waals surface area (Å²) in [4.78, 5) is 37.8. The second-order valence-corrected chi connectivity index (χ2v) is 38.7. The predicted molar refractivity (Wildman–Crippen MR) is 500 cm³/mol. The lowest BCUT2D eigenvalue weighted by molar-refractivity contribution is 0.0651. The molecule has 0 atom stereocenters. The standard InChI is InChI=1S/C108H139NO2S3/c1-9-15-21-27-33-34-35-36-42-50-72-109-105(110)101-102(106(109)111)104(114-103(101)97-65-55-79(8)112-97)98-67-66-96(113-98)81-57-62-85-87-63-58-82(76-95(87)108(93(85)75-81,70-48-40-31-25-19-13-5)71-49-41-32-26-20-14-6)99-88-52-44-45-53-89(88)100(91-74-80(56-61-90(91)99)51-43-37-28-22-16-10-2)83-59-64-86-84-60-54-78(7)73-92(84)107(94(86)77-83,68-46-38-29-23-17-11-3)69-47-39-30-24-18-12-4/h44-45,52-67,73-77H,9-43,46-51,68-72H2,1-8H3. The summed E-state index contributed by atoms with van der Waals surface area (Å²) in [7, 11) is 0. The van der Waals surface area contributed by atoms with Gasteiger partial charge < -0.3 is 0 Å². The van der Waals surface area contributed by atoms with Gasteiger partial charge in [-0.15, -0.1) is 34.0 Å². The molecule has 0 bridgehead atoms. The Labute approximate surface area is 701 Å². The van der Waals surface area contributed by atoms with Gasteiger partial charge in [-0.2, -0.15) is 0 Å². The summed E-state index contributed by atoms with van der Waals surface area (Å²) in [6.07, 6.45) is 56.5. The van der Waals surface area contributed by atoms with Gasteiger partial charge >= 0.3 is 0 Å². The number of thiophene rings is 3. The van der Waals surface area contributed by atoms with E-state index in [0.29, 0.717) is 17.7 Å². The summed E-state index contributed by atoms with van der Waals surface area (Å²) in [5.41, 5.74) is 22.6. The zero-order chi connectivity index (χ0) is 79.2. The van der Waals surface area contributed by atoms with Crippen LogP contribution in [0.15, 0.2) is 140 Å². The van der Waals surface area contributed by atoms with Crippen LogP contribution in [0.25, 0.3) is 96.0 Å². The number of unbranched alkanes of at least 4 members (excludes halogenated alkanes) is 34. The predicted octanol–water partition coefficient (Wildman–Crippen LogP) is 35.1. The lowest BCUT2D eigenvalue weighted by atomic mass is 9.69. The summed E-state index contributed by atoms with van der Waals surface area (Å²) in [5.74, 6) is -0.221. The molecule has 3 nitrogen and oxygen atoms in total. The van der Waals surface area contributed by atoms with E-state index in [9.17, 15) is 9.59 Å². The molecular weight excluding hydrogens is 1440 g/mol. The average molecular weight is 1580 g/mol. The summed E-state index contributed by atoms with van der Waals surface area (Å²) in [5, 5.41) is 5.47. The van der Waals surface area contributed by atoms with Gasteiger partial charge in [-0.3, -0.25) is 14.5 Å². The first-order valence-electron chi connectivity index (χ1n) is 46.7. The van der Waals surface area contributed by atoms with E-state index >= 15 is 0 Å². The number of aryl methyl sites for hydroxylation is 3. The van der Waals surface area contributed by atoms with Crippen LogP contribution in [0.2, 0.25) is 0 Å². The highest BCUT2D eigenvalue weighted by molar-refractivity contribution is 7.28. The Morgan fingerprint density at radius 3 is 1.10 bits per heavy atom. The minimum Gasteiger partial charge on any atom is -0.274 e. The van der Waals surface area contributed by atoms with Crippen molar-refractivity contribution in [2.45, 2.75) is 355 Å². The van der Waals surface area contributed by atoms with E-state index in [0.717, 1.165) is 58.0 Å². The number of imide groups is 1. The molecule has 0 spiro atoms. The highest BCUT2D eigenvalue weighted by atomic mass is 32.1. The normalized spacial score (nSPS) is 13.8. The molecule has 3 aromatic heterocycles. The fourth-order valence-electron chi connectivity index (χ4n) is 20.5. The molecule has 0 fully saturated rings. The van der Waals surface area contributed by atoms with Crippen molar-refractivity contribution < 1.29 is 9.59 Å². The van der Waals surface area contributed by atoms with Crippen LogP contribution in [0, 0.1) is 13.8 Å². The Hall–Kier alpha value is -6.70. The van der Waals surface area contributed by atoms with Crippen molar-refractivity contribution in [3.63, 3.8) is 0 Å². The maximum atomic E-state index is 15.0. The number of carbonyl (C=O) groups is 2. The highest BCUT2D eigenvalue weighted by Crippen LogP contribution is 2.60. The number of rotatable bonds is 51. The number of amides is 2. The van der Waals surface area contributed by atoms with Crippen LogP contribution in [0.4, 0.5) is 0 Å². The Morgan fingerprint density at radius 1 is 0.289 bits per heavy atom. The zero-order valence-electron chi connectivity index (χ0n) is 71.8. The van der Waals surface area contributed by atoms with E-state index < -0.39 is 0 Å². The molecule has 7 aromatic carbocycles. The lowest BCUT2D eigenvalue weighted by Crippen LogP contribution is -2.31. The van der Waals surface area contributed by atoms with Gasteiger partial charge in [0.15, 0.2) is 0 Å². The molecule has 2 aliphatic carbocycles. The average Bonchev–Trinajstić information content (AvgIpc) is 1.47. The molecule has 606 valence electrons. The topological polar surface area (TPSA) is 37.4 Å². The fraction of sp³-hybridized carbons (Fsp3) is 0.519. The van der Waals surface area contributed by atoms with E-state index in [2.05, 4.69) is 195 Å². The minimum absolute atomic E-state index is 0.0269. The van der Waals surface area contributed by atoms with Crippen molar-refractivity contribution in [2.24, 2.45) is 0 Å². The second kappa shape index (κ2) is 42.1. The van der Waals surface area contributed by atoms with Crippen molar-refractivity contribution in [2.75, 3.05) is 6.54 Å². The largest absolute Gasteiger partial charge is 0.274 e. The van der Waals surface area contributed by atoms with Gasteiger partial charge in [-0.05, 0) is 201 Å². The molecule has 0 saturated carbocycles. The summed E-state index contributed by atoms with van der Waals surface area (Å²) < 4.78 is 0. The van der Waals surface area contributed by atoms with E-state index in [1.54, 1.807) is 50.0 Å². The first-order chi connectivity index (χ1) is 56.0. The number of carbonyl (C=O) groups excluding carboxylic acids is 2. The number of fused-ring (bicyclic) bond motifs is 9. The third-order valence-electron chi connectivity index (χ3n) is 26.8. The molecule has 0 unspecified atom stereocenters. The highest BCUT2D eigenvalue weighted by Gasteiger charge is 2.46. The zero-order valence-corrected chi connectivity index (χ0v) is 74.2. The third kappa shape index (κ3) is 19.4. The second-order valence-electron chi connectivity index (χ2n) is 35.3. The maximum absolute atomic E-state index is 15.0. The summed E-state index contributed by atoms with van der Waals surface area (Å²) in [6, 6.07) is 57.0. The van der Waals surface area contributed by atoms with Crippen LogP contribution >= 0.6 is 34.0 Å². The van der Waals surface area contributed by atoms with Crippen molar-refractivity contribution >= 4 is 67.4 Å². The van der Waals surface area contributed by atoms with E-state index in [1.807, 2.05) is 0 Å². The van der Waals surface area contributed by atoms with Gasteiger partial charge in [-0.25, -0.2) is 0 Å². The molecule has 3 aliphatic rings. The van der Waals surface area contributed by atoms with Crippen molar-refractivity contribution in [3.05, 3.63) is 189 Å². The molecule has 0 radical (unpaired) electrons. The van der Waals surface area contributed by atoms with Gasteiger partial charge in [0.2, 0.25) is 0 Å². The van der Waals surface area contributed by atoms with Gasteiger partial charge in [0.25, 0.3) is 11.8 Å². The molecule has 0 N–H and O–H groups in total. The van der Waals surface area contributed by atoms with Crippen LogP contribution in [-0.2, 0) is 17.3 Å². The number of hydrogen-bond donors (Lipinski definition) is 0. The lowest BCUT2D eigenvalue weighted by Gasteiger charge is -2.34. The Bertz CT molecular complexity index is 4760. The van der Waals surface area contributed by atoms with Gasteiger partial charge in [-0.1, -0.05) is 388 Å². The number of nitrogens with zero attached hydrogens (tertiary/aromatic N) is 1. The molecule has 10 aromatic rings.